The molecule has 2 rings (SSSR count). The first-order valence-corrected chi connectivity index (χ1v) is 5.82. The first-order chi connectivity index (χ1) is 7.22. The number of hydrogen-bond acceptors (Lipinski definition) is 2. The Balaban J connectivity index is 2.18. The van der Waals surface area contributed by atoms with Crippen molar-refractivity contribution in [2.45, 2.75) is 19.4 Å². The van der Waals surface area contributed by atoms with E-state index in [2.05, 4.69) is 17.9 Å². The normalized spacial score (nSPS) is 25.9. The molecule has 1 heterocycles. The van der Waals surface area contributed by atoms with E-state index in [1.807, 2.05) is 18.2 Å². The average molecular weight is 225 g/mol. The van der Waals surface area contributed by atoms with E-state index in [0.29, 0.717) is 12.0 Å². The molecule has 3 heteroatoms. The van der Waals surface area contributed by atoms with Gasteiger partial charge in [-0.25, -0.2) is 0 Å². The summed E-state index contributed by atoms with van der Waals surface area (Å²) in [5.74, 6) is 0.615. The van der Waals surface area contributed by atoms with Crippen LogP contribution in [0.3, 0.4) is 0 Å². The Bertz CT molecular complexity index is 340. The maximum Gasteiger partial charge on any atom is 0.0426 e. The highest BCUT2D eigenvalue weighted by Crippen LogP contribution is 2.30. The van der Waals surface area contributed by atoms with Crippen molar-refractivity contribution in [2.75, 3.05) is 18.0 Å². The summed E-state index contributed by atoms with van der Waals surface area (Å²) in [5.41, 5.74) is 6.96. The minimum Gasteiger partial charge on any atom is -0.368 e. The van der Waals surface area contributed by atoms with Crippen LogP contribution >= 0.6 is 11.6 Å². The Morgan fingerprint density at radius 2 is 2.33 bits per heavy atom. The summed E-state index contributed by atoms with van der Waals surface area (Å²) in [6.45, 7) is 4.10. The summed E-state index contributed by atoms with van der Waals surface area (Å²) in [6.07, 6.45) is 1.18. The first kappa shape index (κ1) is 10.8. The van der Waals surface area contributed by atoms with Gasteiger partial charge in [-0.05, 0) is 44.0 Å². The molecule has 1 aliphatic heterocycles. The summed E-state index contributed by atoms with van der Waals surface area (Å²) in [6, 6.07) is 8.57. The molecule has 1 saturated heterocycles. The number of nitrogens with two attached hydrogens (primary N) is 1. The first-order valence-electron chi connectivity index (χ1n) is 5.44. The van der Waals surface area contributed by atoms with Crippen LogP contribution < -0.4 is 10.6 Å². The van der Waals surface area contributed by atoms with Crippen LogP contribution in [-0.2, 0) is 0 Å². The fourth-order valence-corrected chi connectivity index (χ4v) is 2.52. The molecule has 1 aliphatic rings. The minimum absolute atomic E-state index is 0.522. The van der Waals surface area contributed by atoms with Crippen molar-refractivity contribution in [2.24, 2.45) is 11.7 Å². The lowest BCUT2D eigenvalue weighted by molar-refractivity contribution is 0.508. The summed E-state index contributed by atoms with van der Waals surface area (Å²) in [5, 5.41) is 0.802. The zero-order chi connectivity index (χ0) is 10.8. The molecule has 2 nitrogen and oxygen atoms in total. The lowest BCUT2D eigenvalue weighted by Gasteiger charge is -2.26. The van der Waals surface area contributed by atoms with Crippen LogP contribution in [0.25, 0.3) is 0 Å². The van der Waals surface area contributed by atoms with Gasteiger partial charge in [0.25, 0.3) is 0 Å². The summed E-state index contributed by atoms with van der Waals surface area (Å²) in [7, 11) is 0. The molecule has 2 atom stereocenters. The molecule has 1 aromatic rings. The highest BCUT2D eigenvalue weighted by atomic mass is 35.5. The number of nitrogens with zero attached hydrogens (tertiary/aromatic N) is 1. The molecule has 1 aromatic carbocycles. The Kier molecular flexibility index (Phi) is 3.17. The minimum atomic E-state index is 0.522. The molecule has 0 aromatic heterocycles. The predicted octanol–water partition coefficient (Wildman–Crippen LogP) is 2.51. The molecule has 0 spiro atoms. The predicted molar refractivity (Wildman–Crippen MR) is 65.4 cm³/mol. The number of rotatable bonds is 2. The van der Waals surface area contributed by atoms with Crippen molar-refractivity contribution >= 4 is 17.3 Å². The Labute approximate surface area is 96.0 Å². The van der Waals surface area contributed by atoms with Gasteiger partial charge in [0, 0.05) is 23.3 Å². The molecule has 0 aliphatic carbocycles. The average Bonchev–Trinajstić information content (AvgIpc) is 2.59. The fraction of sp³-hybridized carbons (Fsp3) is 0.500. The van der Waals surface area contributed by atoms with Crippen LogP contribution in [0.1, 0.15) is 13.3 Å². The van der Waals surface area contributed by atoms with E-state index in [-0.39, 0.29) is 0 Å². The number of hydrogen-bond donors (Lipinski definition) is 1. The second-order valence-corrected chi connectivity index (χ2v) is 4.63. The maximum atomic E-state index is 5.99. The van der Waals surface area contributed by atoms with Gasteiger partial charge in [-0.15, -0.1) is 0 Å². The smallest absolute Gasteiger partial charge is 0.0426 e. The van der Waals surface area contributed by atoms with Crippen LogP contribution in [0, 0.1) is 5.92 Å². The van der Waals surface area contributed by atoms with Crippen molar-refractivity contribution in [1.82, 2.24) is 0 Å². The molecule has 0 bridgehead atoms. The third kappa shape index (κ3) is 2.11. The van der Waals surface area contributed by atoms with Gasteiger partial charge in [0.05, 0.1) is 0 Å². The molecule has 82 valence electrons. The Hall–Kier alpha value is -0.730. The molecule has 0 amide bonds. The Morgan fingerprint density at radius 1 is 1.53 bits per heavy atom. The van der Waals surface area contributed by atoms with Gasteiger partial charge in [0.2, 0.25) is 0 Å². The van der Waals surface area contributed by atoms with Crippen molar-refractivity contribution in [3.8, 4) is 0 Å². The zero-order valence-corrected chi connectivity index (χ0v) is 9.74. The molecule has 2 unspecified atom stereocenters. The highest BCUT2D eigenvalue weighted by molar-refractivity contribution is 6.30. The number of halogens is 1. The molecule has 2 N–H and O–H groups in total. The maximum absolute atomic E-state index is 5.99. The van der Waals surface area contributed by atoms with Gasteiger partial charge in [0.1, 0.15) is 0 Å². The third-order valence-electron chi connectivity index (χ3n) is 3.36. The van der Waals surface area contributed by atoms with Crippen LogP contribution in [0.15, 0.2) is 24.3 Å². The second-order valence-electron chi connectivity index (χ2n) is 4.20. The summed E-state index contributed by atoms with van der Waals surface area (Å²) < 4.78 is 0. The molecule has 15 heavy (non-hydrogen) atoms. The molecule has 1 fully saturated rings. The largest absolute Gasteiger partial charge is 0.368 e. The second kappa shape index (κ2) is 4.42. The van der Waals surface area contributed by atoms with Gasteiger partial charge in [-0.2, -0.15) is 0 Å². The van der Waals surface area contributed by atoms with E-state index < -0.39 is 0 Å². The number of benzene rings is 1. The molecular weight excluding hydrogens is 208 g/mol. The van der Waals surface area contributed by atoms with Crippen LogP contribution in [0.2, 0.25) is 5.02 Å². The molecular formula is C12H17ClN2. The monoisotopic (exact) mass is 224 g/mol. The standard InChI is InChI=1S/C12H17ClN2/c1-9-10(8-14)5-6-15(9)12-4-2-3-11(13)7-12/h2-4,7,9-10H,5-6,8,14H2,1H3. The van der Waals surface area contributed by atoms with Gasteiger partial charge in [-0.3, -0.25) is 0 Å². The summed E-state index contributed by atoms with van der Waals surface area (Å²) in [4.78, 5) is 2.39. The van der Waals surface area contributed by atoms with Crippen molar-refractivity contribution in [1.29, 1.82) is 0 Å². The van der Waals surface area contributed by atoms with Crippen molar-refractivity contribution in [3.05, 3.63) is 29.3 Å². The van der Waals surface area contributed by atoms with Crippen molar-refractivity contribution in [3.63, 3.8) is 0 Å². The number of anilines is 1. The summed E-state index contributed by atoms with van der Waals surface area (Å²) >= 11 is 5.99. The highest BCUT2D eigenvalue weighted by Gasteiger charge is 2.29. The fourth-order valence-electron chi connectivity index (χ4n) is 2.34. The van der Waals surface area contributed by atoms with Crippen LogP contribution in [0.5, 0.6) is 0 Å². The Morgan fingerprint density at radius 3 is 2.93 bits per heavy atom. The lowest BCUT2D eigenvalue weighted by atomic mass is 10.0. The van der Waals surface area contributed by atoms with E-state index in [1.54, 1.807) is 0 Å². The molecule has 0 saturated carbocycles. The van der Waals surface area contributed by atoms with E-state index in [4.69, 9.17) is 17.3 Å². The SMILES string of the molecule is CC1C(CN)CCN1c1cccc(Cl)c1. The van der Waals surface area contributed by atoms with E-state index in [1.165, 1.54) is 12.1 Å². The zero-order valence-electron chi connectivity index (χ0n) is 8.99. The van der Waals surface area contributed by atoms with Gasteiger partial charge < -0.3 is 10.6 Å². The molecule has 0 radical (unpaired) electrons. The topological polar surface area (TPSA) is 29.3 Å². The van der Waals surface area contributed by atoms with Gasteiger partial charge in [0.15, 0.2) is 0 Å². The third-order valence-corrected chi connectivity index (χ3v) is 3.59. The van der Waals surface area contributed by atoms with Crippen molar-refractivity contribution < 1.29 is 0 Å². The lowest BCUT2D eigenvalue weighted by Crippen LogP contribution is -2.32. The van der Waals surface area contributed by atoms with Crippen LogP contribution in [0.4, 0.5) is 5.69 Å². The van der Waals surface area contributed by atoms with Crippen LogP contribution in [-0.4, -0.2) is 19.1 Å². The van der Waals surface area contributed by atoms with Gasteiger partial charge >= 0.3 is 0 Å². The van der Waals surface area contributed by atoms with E-state index in [9.17, 15) is 0 Å². The van der Waals surface area contributed by atoms with E-state index in [0.717, 1.165) is 18.1 Å². The van der Waals surface area contributed by atoms with E-state index >= 15 is 0 Å². The van der Waals surface area contributed by atoms with Gasteiger partial charge in [-0.1, -0.05) is 17.7 Å². The quantitative estimate of drug-likeness (QED) is 0.837.